The molecule has 0 spiro atoms. The van der Waals surface area contributed by atoms with E-state index in [2.05, 4.69) is 9.88 Å². The van der Waals surface area contributed by atoms with Crippen LogP contribution in [0.5, 0.6) is 11.5 Å². The third kappa shape index (κ3) is 3.88. The second-order valence-corrected chi connectivity index (χ2v) is 8.44. The molecule has 0 amide bonds. The van der Waals surface area contributed by atoms with E-state index in [0.717, 1.165) is 45.3 Å². The highest BCUT2D eigenvalue weighted by Gasteiger charge is 2.25. The van der Waals surface area contributed by atoms with Crippen LogP contribution < -0.4 is 14.4 Å². The predicted molar refractivity (Wildman–Crippen MR) is 135 cm³/mol. The van der Waals surface area contributed by atoms with Crippen molar-refractivity contribution in [1.82, 2.24) is 4.98 Å². The SMILES string of the molecule is COc1cc2cc(C=O)c(CO)c(-c3ccnc(N4CC[C@H](O)c5ccccc54)c3)c2cc1OC. The number of fused-ring (bicyclic) bond motifs is 2. The smallest absolute Gasteiger partial charge is 0.161 e. The highest BCUT2D eigenvalue weighted by molar-refractivity contribution is 6.04. The van der Waals surface area contributed by atoms with E-state index in [0.29, 0.717) is 35.6 Å². The van der Waals surface area contributed by atoms with E-state index in [4.69, 9.17) is 9.47 Å². The van der Waals surface area contributed by atoms with Crippen LogP contribution >= 0.6 is 0 Å². The van der Waals surface area contributed by atoms with Gasteiger partial charge < -0.3 is 24.6 Å². The van der Waals surface area contributed by atoms with Crippen LogP contribution in [0, 0.1) is 0 Å². The summed E-state index contributed by atoms with van der Waals surface area (Å²) in [4.78, 5) is 18.7. The van der Waals surface area contributed by atoms with Gasteiger partial charge in [0.15, 0.2) is 11.5 Å². The van der Waals surface area contributed by atoms with Gasteiger partial charge in [-0.2, -0.15) is 0 Å². The summed E-state index contributed by atoms with van der Waals surface area (Å²) in [7, 11) is 3.14. The van der Waals surface area contributed by atoms with E-state index in [1.165, 1.54) is 0 Å². The van der Waals surface area contributed by atoms with Gasteiger partial charge in [0.25, 0.3) is 0 Å². The van der Waals surface area contributed by atoms with Crippen molar-refractivity contribution in [3.05, 3.63) is 77.5 Å². The van der Waals surface area contributed by atoms with Gasteiger partial charge in [0.05, 0.1) is 26.9 Å². The Morgan fingerprint density at radius 1 is 1.09 bits per heavy atom. The zero-order chi connectivity index (χ0) is 24.5. The summed E-state index contributed by atoms with van der Waals surface area (Å²) >= 11 is 0. The average molecular weight is 471 g/mol. The normalized spacial score (nSPS) is 15.1. The molecule has 7 heteroatoms. The number of rotatable bonds is 6. The molecule has 178 valence electrons. The van der Waals surface area contributed by atoms with E-state index in [1.807, 2.05) is 48.5 Å². The first-order chi connectivity index (χ1) is 17.1. The molecule has 0 saturated carbocycles. The zero-order valence-electron chi connectivity index (χ0n) is 19.6. The van der Waals surface area contributed by atoms with Crippen LogP contribution in [0.4, 0.5) is 11.5 Å². The molecule has 0 aliphatic carbocycles. The number of ether oxygens (including phenoxy) is 2. The Kier molecular flexibility index (Phi) is 6.11. The molecular weight excluding hydrogens is 444 g/mol. The maximum atomic E-state index is 12.0. The summed E-state index contributed by atoms with van der Waals surface area (Å²) in [6, 6.07) is 17.0. The molecule has 0 radical (unpaired) electrons. The minimum Gasteiger partial charge on any atom is -0.493 e. The first-order valence-electron chi connectivity index (χ1n) is 11.4. The van der Waals surface area contributed by atoms with Gasteiger partial charge in [0, 0.05) is 29.6 Å². The molecule has 7 nitrogen and oxygen atoms in total. The summed E-state index contributed by atoms with van der Waals surface area (Å²) in [6.07, 6.45) is 2.56. The van der Waals surface area contributed by atoms with E-state index < -0.39 is 6.10 Å². The third-order valence-electron chi connectivity index (χ3n) is 6.59. The Morgan fingerprint density at radius 2 is 1.86 bits per heavy atom. The molecule has 0 saturated heterocycles. The van der Waals surface area contributed by atoms with Gasteiger partial charge in [0.1, 0.15) is 12.1 Å². The van der Waals surface area contributed by atoms with Crippen molar-refractivity contribution in [2.45, 2.75) is 19.1 Å². The molecule has 2 heterocycles. The van der Waals surface area contributed by atoms with E-state index in [1.54, 1.807) is 26.5 Å². The van der Waals surface area contributed by atoms with Crippen molar-refractivity contribution in [3.8, 4) is 22.6 Å². The topological polar surface area (TPSA) is 92.1 Å². The fourth-order valence-electron chi connectivity index (χ4n) is 4.90. The lowest BCUT2D eigenvalue weighted by molar-refractivity contribution is 0.112. The number of hydrogen-bond acceptors (Lipinski definition) is 7. The van der Waals surface area contributed by atoms with Crippen molar-refractivity contribution < 1.29 is 24.5 Å². The van der Waals surface area contributed by atoms with Crippen molar-refractivity contribution in [2.75, 3.05) is 25.7 Å². The maximum absolute atomic E-state index is 12.0. The molecule has 0 fully saturated rings. The molecule has 0 bridgehead atoms. The largest absolute Gasteiger partial charge is 0.493 e. The van der Waals surface area contributed by atoms with Crippen molar-refractivity contribution in [3.63, 3.8) is 0 Å². The Morgan fingerprint density at radius 3 is 2.60 bits per heavy atom. The highest BCUT2D eigenvalue weighted by Crippen LogP contribution is 2.42. The number of aliphatic hydroxyl groups excluding tert-OH is 2. The van der Waals surface area contributed by atoms with Crippen molar-refractivity contribution in [1.29, 1.82) is 0 Å². The Balaban J connectivity index is 1.74. The van der Waals surface area contributed by atoms with Gasteiger partial charge in [0.2, 0.25) is 0 Å². The lowest BCUT2D eigenvalue weighted by Gasteiger charge is -2.33. The molecule has 1 aromatic heterocycles. The predicted octanol–water partition coefficient (Wildman–Crippen LogP) is 4.80. The minimum absolute atomic E-state index is 0.302. The Labute approximate surface area is 203 Å². The van der Waals surface area contributed by atoms with Gasteiger partial charge in [-0.15, -0.1) is 0 Å². The van der Waals surface area contributed by atoms with Crippen LogP contribution in [-0.2, 0) is 6.61 Å². The van der Waals surface area contributed by atoms with Crippen LogP contribution in [0.2, 0.25) is 0 Å². The number of nitrogens with zero attached hydrogens (tertiary/aromatic N) is 2. The first-order valence-corrected chi connectivity index (χ1v) is 11.4. The lowest BCUT2D eigenvalue weighted by Crippen LogP contribution is -2.27. The van der Waals surface area contributed by atoms with Crippen LogP contribution in [0.1, 0.15) is 34.0 Å². The number of aldehydes is 1. The molecule has 1 aliphatic heterocycles. The highest BCUT2D eigenvalue weighted by atomic mass is 16.5. The summed E-state index contributed by atoms with van der Waals surface area (Å²) in [5.41, 5.74) is 4.27. The van der Waals surface area contributed by atoms with E-state index in [-0.39, 0.29) is 6.61 Å². The molecule has 2 N–H and O–H groups in total. The molecule has 1 atom stereocenters. The second kappa shape index (κ2) is 9.37. The van der Waals surface area contributed by atoms with E-state index >= 15 is 0 Å². The average Bonchev–Trinajstić information content (AvgIpc) is 2.91. The second-order valence-electron chi connectivity index (χ2n) is 8.44. The summed E-state index contributed by atoms with van der Waals surface area (Å²) < 4.78 is 11.0. The van der Waals surface area contributed by atoms with E-state index in [9.17, 15) is 15.0 Å². The molecule has 1 aliphatic rings. The summed E-state index contributed by atoms with van der Waals surface area (Å²) in [5.74, 6) is 1.83. The number of benzene rings is 3. The number of pyridine rings is 1. The Hall–Kier alpha value is -3.94. The summed E-state index contributed by atoms with van der Waals surface area (Å²) in [6.45, 7) is 0.311. The van der Waals surface area contributed by atoms with Gasteiger partial charge in [-0.3, -0.25) is 4.79 Å². The number of anilines is 2. The molecular formula is C28H26N2O5. The standard InChI is InChI=1S/C28H26N2O5/c1-34-25-12-18-11-19(15-31)22(16-32)28(21(18)14-26(25)35-2)17-7-9-29-27(13-17)30-10-8-24(33)20-5-3-4-6-23(20)30/h3-7,9,11-15,24,32-33H,8,10,16H2,1-2H3/t24-/m0/s1. The van der Waals surface area contributed by atoms with Gasteiger partial charge in [-0.1, -0.05) is 18.2 Å². The zero-order valence-corrected chi connectivity index (χ0v) is 19.6. The van der Waals surface area contributed by atoms with Gasteiger partial charge >= 0.3 is 0 Å². The molecule has 5 rings (SSSR count). The minimum atomic E-state index is -0.512. The molecule has 0 unspecified atom stereocenters. The first kappa shape index (κ1) is 22.8. The van der Waals surface area contributed by atoms with Crippen LogP contribution in [0.3, 0.4) is 0 Å². The number of carbonyl (C=O) groups is 1. The number of aliphatic hydroxyl groups is 2. The van der Waals surface area contributed by atoms with Crippen LogP contribution in [-0.4, -0.2) is 42.2 Å². The monoisotopic (exact) mass is 470 g/mol. The Bertz CT molecular complexity index is 1420. The van der Waals surface area contributed by atoms with Gasteiger partial charge in [-0.25, -0.2) is 4.98 Å². The van der Waals surface area contributed by atoms with Crippen LogP contribution in [0.25, 0.3) is 21.9 Å². The number of carbonyl (C=O) groups excluding carboxylic acids is 1. The number of para-hydroxylation sites is 1. The molecule has 3 aromatic carbocycles. The van der Waals surface area contributed by atoms with Crippen molar-refractivity contribution in [2.24, 2.45) is 0 Å². The maximum Gasteiger partial charge on any atom is 0.161 e. The number of aromatic nitrogens is 1. The lowest BCUT2D eigenvalue weighted by atomic mass is 9.90. The van der Waals surface area contributed by atoms with Gasteiger partial charge in [-0.05, 0) is 70.3 Å². The fourth-order valence-corrected chi connectivity index (χ4v) is 4.90. The number of hydrogen-bond donors (Lipinski definition) is 2. The quantitative estimate of drug-likeness (QED) is 0.391. The van der Waals surface area contributed by atoms with Crippen molar-refractivity contribution >= 4 is 28.6 Å². The fraction of sp³-hybridized carbons (Fsp3) is 0.214. The molecule has 4 aromatic rings. The summed E-state index contributed by atoms with van der Waals surface area (Å²) in [5, 5.41) is 22.4. The number of methoxy groups -OCH3 is 2. The van der Waals surface area contributed by atoms with Crippen LogP contribution in [0.15, 0.2) is 60.8 Å². The third-order valence-corrected chi connectivity index (χ3v) is 6.59. The molecule has 35 heavy (non-hydrogen) atoms.